The van der Waals surface area contributed by atoms with Gasteiger partial charge in [0.1, 0.15) is 5.75 Å². The van der Waals surface area contributed by atoms with E-state index in [0.717, 1.165) is 17.9 Å². The summed E-state index contributed by atoms with van der Waals surface area (Å²) in [5, 5.41) is 13.2. The van der Waals surface area contributed by atoms with Crippen molar-refractivity contribution >= 4 is 17.5 Å². The van der Waals surface area contributed by atoms with Crippen molar-refractivity contribution in [3.63, 3.8) is 0 Å². The average Bonchev–Trinajstić information content (AvgIpc) is 3.50. The Morgan fingerprint density at radius 2 is 2.00 bits per heavy atom. The third kappa shape index (κ3) is 6.72. The summed E-state index contributed by atoms with van der Waals surface area (Å²) in [6, 6.07) is 9.20. The number of halogens is 1. The van der Waals surface area contributed by atoms with Crippen molar-refractivity contribution in [2.24, 2.45) is 5.92 Å². The maximum absolute atomic E-state index is 12.7. The number of likely N-dealkylation sites (N-methyl/N-ethyl adjacent to an activating group) is 1. The average molecular weight is 416 g/mol. The van der Waals surface area contributed by atoms with Crippen LogP contribution in [0.15, 0.2) is 42.7 Å². The van der Waals surface area contributed by atoms with Crippen LogP contribution in [0.2, 0.25) is 5.02 Å². The number of phenols is 1. The van der Waals surface area contributed by atoms with Crippen LogP contribution in [0.1, 0.15) is 42.7 Å². The quantitative estimate of drug-likeness (QED) is 0.615. The molecule has 3 rings (SSSR count). The lowest BCUT2D eigenvalue weighted by atomic mass is 9.91. The Balaban J connectivity index is 1.57. The smallest absolute Gasteiger partial charge is 0.220 e. The number of amides is 1. The highest BCUT2D eigenvalue weighted by molar-refractivity contribution is 6.31. The molecule has 1 saturated carbocycles. The highest BCUT2D eigenvalue weighted by Crippen LogP contribution is 2.39. The molecule has 1 fully saturated rings. The number of hydrogen-bond donors (Lipinski definition) is 2. The summed E-state index contributed by atoms with van der Waals surface area (Å²) in [6.07, 6.45) is 8.42. The molecule has 29 heavy (non-hydrogen) atoms. The molecule has 0 saturated heterocycles. The van der Waals surface area contributed by atoms with Crippen LogP contribution in [0.5, 0.6) is 5.75 Å². The Bertz CT molecular complexity index is 809. The summed E-state index contributed by atoms with van der Waals surface area (Å²) in [5.74, 6) is 1.24. The van der Waals surface area contributed by atoms with Crippen molar-refractivity contribution in [2.45, 2.75) is 44.1 Å². The number of rotatable bonds is 10. The third-order valence-corrected chi connectivity index (χ3v) is 6.03. The topological polar surface area (TPSA) is 65.5 Å². The normalized spacial score (nSPS) is 15.9. The molecule has 0 spiro atoms. The van der Waals surface area contributed by atoms with Crippen LogP contribution in [0.4, 0.5) is 0 Å². The number of pyridine rings is 1. The third-order valence-electron chi connectivity index (χ3n) is 5.68. The van der Waals surface area contributed by atoms with Crippen molar-refractivity contribution in [1.82, 2.24) is 15.2 Å². The fraction of sp³-hybridized carbons (Fsp3) is 0.478. The van der Waals surface area contributed by atoms with Crippen molar-refractivity contribution in [3.05, 3.63) is 58.9 Å². The van der Waals surface area contributed by atoms with Gasteiger partial charge in [-0.05, 0) is 74.2 Å². The number of aromatic hydroxyl groups is 1. The second-order valence-electron chi connectivity index (χ2n) is 8.26. The summed E-state index contributed by atoms with van der Waals surface area (Å²) in [6.45, 7) is 0.551. The van der Waals surface area contributed by atoms with Gasteiger partial charge in [0, 0.05) is 36.4 Å². The maximum atomic E-state index is 12.7. The Labute approximate surface area is 178 Å². The fourth-order valence-electron chi connectivity index (χ4n) is 3.65. The van der Waals surface area contributed by atoms with Gasteiger partial charge in [-0.3, -0.25) is 9.78 Å². The Morgan fingerprint density at radius 3 is 2.62 bits per heavy atom. The molecule has 2 unspecified atom stereocenters. The van der Waals surface area contributed by atoms with E-state index in [1.54, 1.807) is 24.5 Å². The number of hydrogen-bond acceptors (Lipinski definition) is 4. The van der Waals surface area contributed by atoms with Gasteiger partial charge in [0.05, 0.1) is 0 Å². The van der Waals surface area contributed by atoms with Gasteiger partial charge in [0.2, 0.25) is 5.91 Å². The van der Waals surface area contributed by atoms with E-state index in [9.17, 15) is 9.90 Å². The lowest BCUT2D eigenvalue weighted by molar-refractivity contribution is -0.121. The van der Waals surface area contributed by atoms with Crippen molar-refractivity contribution in [3.8, 4) is 5.75 Å². The first-order chi connectivity index (χ1) is 13.9. The van der Waals surface area contributed by atoms with Crippen molar-refractivity contribution in [1.29, 1.82) is 0 Å². The van der Waals surface area contributed by atoms with Gasteiger partial charge in [-0.1, -0.05) is 30.5 Å². The highest BCUT2D eigenvalue weighted by atomic mass is 35.5. The first-order valence-corrected chi connectivity index (χ1v) is 10.6. The number of benzene rings is 1. The molecular formula is C23H30ClN3O2. The van der Waals surface area contributed by atoms with Gasteiger partial charge in [0.15, 0.2) is 0 Å². The molecule has 0 radical (unpaired) electrons. The van der Waals surface area contributed by atoms with Gasteiger partial charge >= 0.3 is 0 Å². The molecule has 1 amide bonds. The van der Waals surface area contributed by atoms with Gasteiger partial charge in [-0.2, -0.15) is 0 Å². The standard InChI is InChI=1S/C23H30ClN3O2/c1-27(2)20(12-18-5-6-21(28)14-22(18)24)15-26-23(29)13-19(11-16-3-4-16)17-7-9-25-10-8-17/h5-10,14,16,19-20,28H,3-4,11-13,15H2,1-2H3,(H,26,29). The fourth-order valence-corrected chi connectivity index (χ4v) is 3.90. The van der Waals surface area contributed by atoms with Gasteiger partial charge in [0.25, 0.3) is 0 Å². The molecule has 5 nitrogen and oxygen atoms in total. The zero-order valence-corrected chi connectivity index (χ0v) is 17.9. The zero-order valence-electron chi connectivity index (χ0n) is 17.1. The number of phenolic OH excluding ortho intramolecular Hbond substituents is 1. The predicted octanol–water partition coefficient (Wildman–Crippen LogP) is 4.00. The number of nitrogens with zero attached hydrogens (tertiary/aromatic N) is 2. The molecule has 1 aromatic heterocycles. The van der Waals surface area contributed by atoms with Crippen LogP contribution in [0, 0.1) is 5.92 Å². The van der Waals surface area contributed by atoms with Gasteiger partial charge in [-0.25, -0.2) is 0 Å². The van der Waals surface area contributed by atoms with Gasteiger partial charge in [-0.15, -0.1) is 0 Å². The van der Waals surface area contributed by atoms with E-state index in [0.29, 0.717) is 24.4 Å². The molecule has 2 atom stereocenters. The van der Waals surface area contributed by atoms with Crippen LogP contribution in [-0.4, -0.2) is 47.6 Å². The lowest BCUT2D eigenvalue weighted by Gasteiger charge is -2.26. The van der Waals surface area contributed by atoms with E-state index in [1.807, 2.05) is 32.3 Å². The molecule has 156 valence electrons. The second kappa shape index (κ2) is 10.1. The lowest BCUT2D eigenvalue weighted by Crippen LogP contribution is -2.42. The van der Waals surface area contributed by atoms with E-state index < -0.39 is 0 Å². The first kappa shape index (κ1) is 21.6. The molecule has 1 aromatic carbocycles. The van der Waals surface area contributed by atoms with Crippen LogP contribution in [0.25, 0.3) is 0 Å². The molecular weight excluding hydrogens is 386 g/mol. The predicted molar refractivity (Wildman–Crippen MR) is 116 cm³/mol. The summed E-state index contributed by atoms with van der Waals surface area (Å²) < 4.78 is 0. The van der Waals surface area contributed by atoms with Crippen LogP contribution in [-0.2, 0) is 11.2 Å². The highest BCUT2D eigenvalue weighted by Gasteiger charge is 2.28. The molecule has 1 aliphatic rings. The van der Waals surface area contributed by atoms with Crippen LogP contribution < -0.4 is 5.32 Å². The molecule has 2 N–H and O–H groups in total. The molecule has 1 heterocycles. The van der Waals surface area contributed by atoms with Crippen molar-refractivity contribution < 1.29 is 9.90 Å². The van der Waals surface area contributed by atoms with Crippen LogP contribution in [0.3, 0.4) is 0 Å². The summed E-state index contributed by atoms with van der Waals surface area (Å²) in [5.41, 5.74) is 2.16. The summed E-state index contributed by atoms with van der Waals surface area (Å²) in [7, 11) is 4.00. The summed E-state index contributed by atoms with van der Waals surface area (Å²) in [4.78, 5) is 18.9. The Hall–Kier alpha value is -2.11. The van der Waals surface area contributed by atoms with Crippen molar-refractivity contribution in [2.75, 3.05) is 20.6 Å². The number of aromatic nitrogens is 1. The molecule has 1 aliphatic carbocycles. The number of carbonyl (C=O) groups is 1. The number of carbonyl (C=O) groups excluding carboxylic acids is 1. The second-order valence-corrected chi connectivity index (χ2v) is 8.67. The molecule has 2 aromatic rings. The Morgan fingerprint density at radius 1 is 1.28 bits per heavy atom. The van der Waals surface area contributed by atoms with E-state index in [4.69, 9.17) is 11.6 Å². The molecule has 0 bridgehead atoms. The first-order valence-electron chi connectivity index (χ1n) is 10.2. The van der Waals surface area contributed by atoms with Gasteiger partial charge < -0.3 is 15.3 Å². The van der Waals surface area contributed by atoms with E-state index in [1.165, 1.54) is 18.4 Å². The summed E-state index contributed by atoms with van der Waals surface area (Å²) >= 11 is 6.26. The molecule has 0 aliphatic heterocycles. The van der Waals surface area contributed by atoms with E-state index in [-0.39, 0.29) is 23.6 Å². The van der Waals surface area contributed by atoms with Crippen LogP contribution >= 0.6 is 11.6 Å². The zero-order chi connectivity index (χ0) is 20.8. The minimum atomic E-state index is 0.0797. The Kier molecular flexibility index (Phi) is 7.51. The minimum Gasteiger partial charge on any atom is -0.508 e. The van der Waals surface area contributed by atoms with E-state index >= 15 is 0 Å². The maximum Gasteiger partial charge on any atom is 0.220 e. The molecule has 6 heteroatoms. The largest absolute Gasteiger partial charge is 0.508 e. The monoisotopic (exact) mass is 415 g/mol. The van der Waals surface area contributed by atoms with E-state index in [2.05, 4.69) is 15.2 Å². The minimum absolute atomic E-state index is 0.0797. The SMILES string of the molecule is CN(C)C(CNC(=O)CC(CC1CC1)c1ccncc1)Cc1ccc(O)cc1Cl. The number of nitrogens with one attached hydrogen (secondary N) is 1.